The molecule has 2 rings (SSSR count). The minimum atomic E-state index is -0.814. The third kappa shape index (κ3) is 5.59. The van der Waals surface area contributed by atoms with Crippen LogP contribution < -0.4 is 4.74 Å². The summed E-state index contributed by atoms with van der Waals surface area (Å²) in [6.45, 7) is 8.31. The van der Waals surface area contributed by atoms with Crippen LogP contribution in [0.25, 0.3) is 0 Å². The van der Waals surface area contributed by atoms with Crippen LogP contribution in [0.4, 0.5) is 0 Å². The van der Waals surface area contributed by atoms with Crippen LogP contribution in [-0.4, -0.2) is 17.7 Å². The number of aliphatic hydroxyl groups excluding tert-OH is 1. The first-order valence-electron chi connectivity index (χ1n) is 10.2. The number of ether oxygens (including phenoxy) is 2. The van der Waals surface area contributed by atoms with Crippen LogP contribution in [0.3, 0.4) is 0 Å². The number of carbonyl (C=O) groups is 1. The van der Waals surface area contributed by atoms with Crippen LogP contribution in [0.5, 0.6) is 5.75 Å². The first-order chi connectivity index (χ1) is 13.5. The summed E-state index contributed by atoms with van der Waals surface area (Å²) in [5.74, 6) is 0.365. The van der Waals surface area contributed by atoms with Crippen LogP contribution >= 0.6 is 0 Å². The predicted molar refractivity (Wildman–Crippen MR) is 112 cm³/mol. The van der Waals surface area contributed by atoms with Crippen molar-refractivity contribution in [2.75, 3.05) is 6.61 Å². The molecule has 0 bridgehead atoms. The maximum Gasteiger partial charge on any atom is 0.352 e. The van der Waals surface area contributed by atoms with Crippen molar-refractivity contribution in [2.24, 2.45) is 0 Å². The average Bonchev–Trinajstić information content (AvgIpc) is 2.67. The lowest BCUT2D eigenvalue weighted by Crippen LogP contribution is -2.22. The summed E-state index contributed by atoms with van der Waals surface area (Å²) in [6, 6.07) is 11.7. The van der Waals surface area contributed by atoms with Crippen LogP contribution in [0, 0.1) is 6.92 Å². The maximum absolute atomic E-state index is 12.7. The monoisotopic (exact) mass is 384 g/mol. The van der Waals surface area contributed by atoms with Crippen LogP contribution in [0.1, 0.15) is 67.5 Å². The Kier molecular flexibility index (Phi) is 8.52. The molecular weight excluding hydrogens is 352 g/mol. The highest BCUT2D eigenvalue weighted by atomic mass is 16.6. The van der Waals surface area contributed by atoms with Crippen molar-refractivity contribution < 1.29 is 19.4 Å². The van der Waals surface area contributed by atoms with Gasteiger partial charge < -0.3 is 14.6 Å². The zero-order valence-corrected chi connectivity index (χ0v) is 17.5. The van der Waals surface area contributed by atoms with Gasteiger partial charge in [-0.1, -0.05) is 56.5 Å². The molecule has 0 fully saturated rings. The van der Waals surface area contributed by atoms with Crippen molar-refractivity contribution in [2.45, 2.75) is 66.1 Å². The van der Waals surface area contributed by atoms with Gasteiger partial charge in [0.1, 0.15) is 5.75 Å². The summed E-state index contributed by atoms with van der Waals surface area (Å²) in [4.78, 5) is 12.7. The first kappa shape index (κ1) is 22.0. The van der Waals surface area contributed by atoms with Gasteiger partial charge in [0.2, 0.25) is 6.10 Å². The number of hydrogen-bond acceptors (Lipinski definition) is 4. The molecule has 1 N–H and O–H groups in total. The third-order valence-corrected chi connectivity index (χ3v) is 4.61. The second kappa shape index (κ2) is 10.9. The summed E-state index contributed by atoms with van der Waals surface area (Å²) in [5.41, 5.74) is 4.78. The van der Waals surface area contributed by atoms with E-state index in [0.29, 0.717) is 6.61 Å². The Hall–Kier alpha value is -2.33. The molecule has 4 nitrogen and oxygen atoms in total. The number of rotatable bonds is 10. The van der Waals surface area contributed by atoms with Crippen LogP contribution in [0.15, 0.2) is 36.4 Å². The predicted octanol–water partition coefficient (Wildman–Crippen LogP) is 5.08. The lowest BCUT2D eigenvalue weighted by Gasteiger charge is -2.23. The molecule has 2 aromatic rings. The zero-order valence-electron chi connectivity index (χ0n) is 17.5. The van der Waals surface area contributed by atoms with Gasteiger partial charge in [0.25, 0.3) is 0 Å². The number of aryl methyl sites for hydroxylation is 3. The van der Waals surface area contributed by atoms with Crippen molar-refractivity contribution in [3.05, 3.63) is 64.2 Å². The summed E-state index contributed by atoms with van der Waals surface area (Å²) >= 11 is 0. The quantitative estimate of drug-likeness (QED) is 0.581. The van der Waals surface area contributed by atoms with Gasteiger partial charge in [-0.15, -0.1) is 0 Å². The summed E-state index contributed by atoms with van der Waals surface area (Å²) < 4.78 is 11.7. The van der Waals surface area contributed by atoms with Crippen molar-refractivity contribution in [3.63, 3.8) is 0 Å². The number of benzene rings is 2. The lowest BCUT2D eigenvalue weighted by atomic mass is 9.97. The minimum absolute atomic E-state index is 0.00705. The smallest absolute Gasteiger partial charge is 0.352 e. The number of hydrogen-bond donors (Lipinski definition) is 1. The fraction of sp³-hybridized carbons (Fsp3) is 0.458. The molecule has 0 amide bonds. The number of carbonyl (C=O) groups excluding carboxylic acids is 1. The standard InChI is InChI=1S/C24H32O4/c1-5-9-19-14-18(16-25)15-20(10-6-2)22(19)28-23(24(26)27-7-3)21-12-8-11-17(4)13-21/h8,11-15,23,25H,5-7,9-10,16H2,1-4H3. The average molecular weight is 385 g/mol. The molecule has 0 heterocycles. The molecule has 0 aliphatic rings. The summed E-state index contributed by atoms with van der Waals surface area (Å²) in [5, 5.41) is 9.65. The molecule has 0 saturated carbocycles. The molecule has 28 heavy (non-hydrogen) atoms. The van der Waals surface area contributed by atoms with E-state index in [1.807, 2.05) is 43.3 Å². The highest BCUT2D eigenvalue weighted by molar-refractivity contribution is 5.77. The Morgan fingerprint density at radius 2 is 1.68 bits per heavy atom. The van der Waals surface area contributed by atoms with E-state index in [-0.39, 0.29) is 12.6 Å². The molecule has 0 spiro atoms. The molecule has 4 heteroatoms. The van der Waals surface area contributed by atoms with Crippen molar-refractivity contribution in [3.8, 4) is 5.75 Å². The maximum atomic E-state index is 12.7. The fourth-order valence-electron chi connectivity index (χ4n) is 3.40. The van der Waals surface area contributed by atoms with E-state index in [4.69, 9.17) is 9.47 Å². The lowest BCUT2D eigenvalue weighted by molar-refractivity contribution is -0.151. The summed E-state index contributed by atoms with van der Waals surface area (Å²) in [6.07, 6.45) is 2.73. The van der Waals surface area contributed by atoms with E-state index in [9.17, 15) is 9.90 Å². The van der Waals surface area contributed by atoms with Gasteiger partial charge in [0.15, 0.2) is 0 Å². The molecular formula is C24H32O4. The van der Waals surface area contributed by atoms with E-state index in [1.165, 1.54) is 0 Å². The Bertz CT molecular complexity index is 755. The molecule has 0 saturated heterocycles. The number of aliphatic hydroxyl groups is 1. The zero-order chi connectivity index (χ0) is 20.5. The molecule has 2 aromatic carbocycles. The van der Waals surface area contributed by atoms with E-state index >= 15 is 0 Å². The van der Waals surface area contributed by atoms with Gasteiger partial charge in [-0.25, -0.2) is 4.79 Å². The van der Waals surface area contributed by atoms with Gasteiger partial charge in [0.05, 0.1) is 13.2 Å². The second-order valence-corrected chi connectivity index (χ2v) is 7.07. The molecule has 152 valence electrons. The van der Waals surface area contributed by atoms with E-state index in [2.05, 4.69) is 13.8 Å². The topological polar surface area (TPSA) is 55.8 Å². The van der Waals surface area contributed by atoms with Crippen molar-refractivity contribution >= 4 is 5.97 Å². The molecule has 0 aliphatic heterocycles. The van der Waals surface area contributed by atoms with Crippen molar-refractivity contribution in [1.82, 2.24) is 0 Å². The van der Waals surface area contributed by atoms with Gasteiger partial charge in [-0.3, -0.25) is 0 Å². The van der Waals surface area contributed by atoms with Gasteiger partial charge in [-0.2, -0.15) is 0 Å². The third-order valence-electron chi connectivity index (χ3n) is 4.61. The van der Waals surface area contributed by atoms with E-state index < -0.39 is 6.10 Å². The van der Waals surface area contributed by atoms with Crippen molar-refractivity contribution in [1.29, 1.82) is 0 Å². The molecule has 1 unspecified atom stereocenters. The number of esters is 1. The SMILES string of the molecule is CCCc1cc(CO)cc(CCC)c1OC(C(=O)OCC)c1cccc(C)c1. The Morgan fingerprint density at radius 3 is 2.18 bits per heavy atom. The van der Waals surface area contributed by atoms with Gasteiger partial charge in [0, 0.05) is 5.56 Å². The Labute approximate surface area is 168 Å². The largest absolute Gasteiger partial charge is 0.473 e. The Morgan fingerprint density at radius 1 is 1.04 bits per heavy atom. The van der Waals surface area contributed by atoms with E-state index in [0.717, 1.165) is 59.3 Å². The van der Waals surface area contributed by atoms with Gasteiger partial charge in [-0.05, 0) is 55.5 Å². The van der Waals surface area contributed by atoms with Crippen LogP contribution in [-0.2, 0) is 29.0 Å². The molecule has 0 aliphatic carbocycles. The summed E-state index contributed by atoms with van der Waals surface area (Å²) in [7, 11) is 0. The van der Waals surface area contributed by atoms with Gasteiger partial charge >= 0.3 is 5.97 Å². The normalized spacial score (nSPS) is 11.9. The van der Waals surface area contributed by atoms with Crippen LogP contribution in [0.2, 0.25) is 0 Å². The van der Waals surface area contributed by atoms with E-state index in [1.54, 1.807) is 6.92 Å². The highest BCUT2D eigenvalue weighted by Gasteiger charge is 2.26. The highest BCUT2D eigenvalue weighted by Crippen LogP contribution is 2.33. The second-order valence-electron chi connectivity index (χ2n) is 7.07. The Balaban J connectivity index is 2.53. The molecule has 0 radical (unpaired) electrons. The fourth-order valence-corrected chi connectivity index (χ4v) is 3.40. The molecule has 1 atom stereocenters. The molecule has 0 aromatic heterocycles. The first-order valence-corrected chi connectivity index (χ1v) is 10.2. The minimum Gasteiger partial charge on any atom is -0.473 e.